The standard InChI is InChI=1S/C16H23N3O2/c1-10-7-8-12(9-15(10)18-11(2)20)19-16(21)13-5-3-4-6-14(13)17/h7-9,13-14H,3-6,17H2,1-2H3,(H,18,20)(H,19,21). The average Bonchev–Trinajstić information content (AvgIpc) is 2.42. The molecule has 1 fully saturated rings. The second-order valence-electron chi connectivity index (χ2n) is 5.75. The zero-order valence-corrected chi connectivity index (χ0v) is 12.6. The van der Waals surface area contributed by atoms with E-state index >= 15 is 0 Å². The van der Waals surface area contributed by atoms with Crippen molar-refractivity contribution >= 4 is 23.2 Å². The van der Waals surface area contributed by atoms with Crippen molar-refractivity contribution in [2.45, 2.75) is 45.6 Å². The van der Waals surface area contributed by atoms with Gasteiger partial charge in [-0.15, -0.1) is 0 Å². The summed E-state index contributed by atoms with van der Waals surface area (Å²) in [4.78, 5) is 23.5. The van der Waals surface area contributed by atoms with Crippen molar-refractivity contribution in [3.63, 3.8) is 0 Å². The van der Waals surface area contributed by atoms with E-state index in [9.17, 15) is 9.59 Å². The molecule has 0 aromatic heterocycles. The maximum Gasteiger partial charge on any atom is 0.229 e. The SMILES string of the molecule is CC(=O)Nc1cc(NC(=O)C2CCCCC2N)ccc1C. The van der Waals surface area contributed by atoms with Gasteiger partial charge in [0.25, 0.3) is 0 Å². The van der Waals surface area contributed by atoms with Gasteiger partial charge in [-0.1, -0.05) is 18.9 Å². The van der Waals surface area contributed by atoms with Crippen molar-refractivity contribution in [1.82, 2.24) is 0 Å². The van der Waals surface area contributed by atoms with Crippen molar-refractivity contribution < 1.29 is 9.59 Å². The smallest absolute Gasteiger partial charge is 0.229 e. The van der Waals surface area contributed by atoms with Crippen LogP contribution in [0.1, 0.15) is 38.2 Å². The van der Waals surface area contributed by atoms with Gasteiger partial charge < -0.3 is 16.4 Å². The van der Waals surface area contributed by atoms with Gasteiger partial charge >= 0.3 is 0 Å². The molecule has 2 atom stereocenters. The Hall–Kier alpha value is -1.88. The highest BCUT2D eigenvalue weighted by Crippen LogP contribution is 2.26. The molecule has 0 aliphatic heterocycles. The van der Waals surface area contributed by atoms with Gasteiger partial charge in [-0.3, -0.25) is 9.59 Å². The molecule has 2 amide bonds. The minimum atomic E-state index is -0.129. The van der Waals surface area contributed by atoms with E-state index in [-0.39, 0.29) is 23.8 Å². The molecule has 5 heteroatoms. The molecule has 21 heavy (non-hydrogen) atoms. The average molecular weight is 289 g/mol. The fourth-order valence-corrected chi connectivity index (χ4v) is 2.74. The zero-order valence-electron chi connectivity index (χ0n) is 12.6. The quantitative estimate of drug-likeness (QED) is 0.799. The van der Waals surface area contributed by atoms with Crippen LogP contribution < -0.4 is 16.4 Å². The molecular weight excluding hydrogens is 266 g/mol. The number of aryl methyl sites for hydroxylation is 1. The maximum absolute atomic E-state index is 12.3. The zero-order chi connectivity index (χ0) is 15.4. The molecule has 5 nitrogen and oxygen atoms in total. The molecule has 2 rings (SSSR count). The van der Waals surface area contributed by atoms with E-state index in [4.69, 9.17) is 5.73 Å². The molecule has 0 spiro atoms. The number of hydrogen-bond donors (Lipinski definition) is 3. The third kappa shape index (κ3) is 4.04. The topological polar surface area (TPSA) is 84.2 Å². The van der Waals surface area contributed by atoms with Crippen LogP contribution in [-0.2, 0) is 9.59 Å². The number of rotatable bonds is 3. The number of carbonyl (C=O) groups excluding carboxylic acids is 2. The largest absolute Gasteiger partial charge is 0.327 e. The van der Waals surface area contributed by atoms with Gasteiger partial charge in [0.1, 0.15) is 0 Å². The first-order valence-electron chi connectivity index (χ1n) is 7.42. The van der Waals surface area contributed by atoms with Crippen LogP contribution in [0.3, 0.4) is 0 Å². The Morgan fingerprint density at radius 1 is 1.19 bits per heavy atom. The lowest BCUT2D eigenvalue weighted by Crippen LogP contribution is -2.40. The normalized spacial score (nSPS) is 21.7. The summed E-state index contributed by atoms with van der Waals surface area (Å²) >= 11 is 0. The lowest BCUT2D eigenvalue weighted by molar-refractivity contribution is -0.121. The van der Waals surface area contributed by atoms with E-state index < -0.39 is 0 Å². The molecule has 1 aliphatic rings. The van der Waals surface area contributed by atoms with Gasteiger partial charge in [0, 0.05) is 24.3 Å². The minimum absolute atomic E-state index is 0.0279. The summed E-state index contributed by atoms with van der Waals surface area (Å²) < 4.78 is 0. The van der Waals surface area contributed by atoms with E-state index in [0.717, 1.165) is 31.2 Å². The number of nitrogens with one attached hydrogen (secondary N) is 2. The van der Waals surface area contributed by atoms with Crippen molar-refractivity contribution in [1.29, 1.82) is 0 Å². The first kappa shape index (κ1) is 15.5. The third-order valence-corrected chi connectivity index (χ3v) is 3.97. The minimum Gasteiger partial charge on any atom is -0.327 e. The van der Waals surface area contributed by atoms with Crippen molar-refractivity contribution in [2.75, 3.05) is 10.6 Å². The molecule has 1 aromatic rings. The molecule has 0 bridgehead atoms. The Bertz CT molecular complexity index is 542. The lowest BCUT2D eigenvalue weighted by Gasteiger charge is -2.27. The molecule has 114 valence electrons. The van der Waals surface area contributed by atoms with Gasteiger partial charge in [0.15, 0.2) is 0 Å². The fourth-order valence-electron chi connectivity index (χ4n) is 2.74. The van der Waals surface area contributed by atoms with Crippen LogP contribution in [0.4, 0.5) is 11.4 Å². The molecular formula is C16H23N3O2. The van der Waals surface area contributed by atoms with E-state index in [1.165, 1.54) is 6.92 Å². The summed E-state index contributed by atoms with van der Waals surface area (Å²) in [5.74, 6) is -0.278. The van der Waals surface area contributed by atoms with Crippen molar-refractivity contribution in [2.24, 2.45) is 11.7 Å². The van der Waals surface area contributed by atoms with Crippen LogP contribution in [0.25, 0.3) is 0 Å². The highest BCUT2D eigenvalue weighted by atomic mass is 16.2. The Balaban J connectivity index is 2.08. The number of nitrogens with two attached hydrogens (primary N) is 1. The van der Waals surface area contributed by atoms with E-state index in [2.05, 4.69) is 10.6 Å². The first-order valence-corrected chi connectivity index (χ1v) is 7.42. The number of anilines is 2. The second kappa shape index (κ2) is 6.72. The molecule has 0 radical (unpaired) electrons. The maximum atomic E-state index is 12.3. The molecule has 2 unspecified atom stereocenters. The van der Waals surface area contributed by atoms with Crippen LogP contribution >= 0.6 is 0 Å². The lowest BCUT2D eigenvalue weighted by atomic mass is 9.84. The molecule has 4 N–H and O–H groups in total. The highest BCUT2D eigenvalue weighted by Gasteiger charge is 2.28. The first-order chi connectivity index (χ1) is 9.97. The summed E-state index contributed by atoms with van der Waals surface area (Å²) in [6, 6.07) is 5.44. The Kier molecular flexibility index (Phi) is 4.96. The molecule has 1 saturated carbocycles. The van der Waals surface area contributed by atoms with E-state index in [1.807, 2.05) is 19.1 Å². The second-order valence-corrected chi connectivity index (χ2v) is 5.75. The summed E-state index contributed by atoms with van der Waals surface area (Å²) in [5, 5.41) is 5.67. The van der Waals surface area contributed by atoms with E-state index in [1.54, 1.807) is 6.07 Å². The van der Waals surface area contributed by atoms with Crippen LogP contribution in [0, 0.1) is 12.8 Å². The number of hydrogen-bond acceptors (Lipinski definition) is 3. The van der Waals surface area contributed by atoms with E-state index in [0.29, 0.717) is 11.4 Å². The summed E-state index contributed by atoms with van der Waals surface area (Å²) in [6.45, 7) is 3.37. The Morgan fingerprint density at radius 2 is 1.90 bits per heavy atom. The number of carbonyl (C=O) groups is 2. The van der Waals surface area contributed by atoms with Gasteiger partial charge in [-0.05, 0) is 37.5 Å². The molecule has 0 saturated heterocycles. The van der Waals surface area contributed by atoms with Crippen LogP contribution in [0.15, 0.2) is 18.2 Å². The van der Waals surface area contributed by atoms with Crippen LogP contribution in [-0.4, -0.2) is 17.9 Å². The molecule has 0 heterocycles. The predicted octanol–water partition coefficient (Wildman–Crippen LogP) is 2.41. The number of benzene rings is 1. The monoisotopic (exact) mass is 289 g/mol. The molecule has 1 aromatic carbocycles. The van der Waals surface area contributed by atoms with Crippen LogP contribution in [0.5, 0.6) is 0 Å². The van der Waals surface area contributed by atoms with Gasteiger partial charge in [-0.2, -0.15) is 0 Å². The van der Waals surface area contributed by atoms with Gasteiger partial charge in [0.2, 0.25) is 11.8 Å². The highest BCUT2D eigenvalue weighted by molar-refractivity contribution is 5.95. The van der Waals surface area contributed by atoms with Crippen molar-refractivity contribution in [3.8, 4) is 0 Å². The molecule has 1 aliphatic carbocycles. The predicted molar refractivity (Wildman–Crippen MR) is 84.0 cm³/mol. The van der Waals surface area contributed by atoms with Gasteiger partial charge in [-0.25, -0.2) is 0 Å². The van der Waals surface area contributed by atoms with Gasteiger partial charge in [0.05, 0.1) is 5.92 Å². The Morgan fingerprint density at radius 3 is 2.57 bits per heavy atom. The summed E-state index contributed by atoms with van der Waals surface area (Å²) in [7, 11) is 0. The number of amides is 2. The third-order valence-electron chi connectivity index (χ3n) is 3.97. The summed E-state index contributed by atoms with van der Waals surface area (Å²) in [6.07, 6.45) is 3.90. The van der Waals surface area contributed by atoms with Crippen molar-refractivity contribution in [3.05, 3.63) is 23.8 Å². The summed E-state index contributed by atoms with van der Waals surface area (Å²) in [5.41, 5.74) is 8.39. The fraction of sp³-hybridized carbons (Fsp3) is 0.500. The van der Waals surface area contributed by atoms with Crippen LogP contribution in [0.2, 0.25) is 0 Å². The Labute approximate surface area is 125 Å².